The Morgan fingerprint density at radius 3 is 2.80 bits per heavy atom. The molecule has 0 fully saturated rings. The highest BCUT2D eigenvalue weighted by Crippen LogP contribution is 2.20. The molecule has 1 atom stereocenters. The van der Waals surface area contributed by atoms with Crippen molar-refractivity contribution in [1.29, 1.82) is 0 Å². The number of benzene rings is 1. The van der Waals surface area contributed by atoms with Crippen LogP contribution in [0.25, 0.3) is 0 Å². The Morgan fingerprint density at radius 1 is 1.45 bits per heavy atom. The minimum absolute atomic E-state index is 0.204. The molecule has 7 heteroatoms. The molecule has 6 nitrogen and oxygen atoms in total. The van der Waals surface area contributed by atoms with Gasteiger partial charge in [-0.05, 0) is 24.6 Å². The second kappa shape index (κ2) is 5.74. The van der Waals surface area contributed by atoms with E-state index in [1.54, 1.807) is 37.6 Å². The van der Waals surface area contributed by atoms with Crippen LogP contribution in [-0.4, -0.2) is 30.0 Å². The minimum atomic E-state index is -3.53. The van der Waals surface area contributed by atoms with Crippen LogP contribution < -0.4 is 5.73 Å². The summed E-state index contributed by atoms with van der Waals surface area (Å²) in [5, 5.41) is 6.47. The zero-order valence-corrected chi connectivity index (χ0v) is 12.3. The van der Waals surface area contributed by atoms with Crippen LogP contribution in [0, 0.1) is 0 Å². The lowest BCUT2D eigenvalue weighted by atomic mass is 10.1. The van der Waals surface area contributed by atoms with Gasteiger partial charge in [-0.3, -0.25) is 5.10 Å². The van der Waals surface area contributed by atoms with Crippen molar-refractivity contribution >= 4 is 10.0 Å². The number of nitrogens with two attached hydrogens (primary N) is 1. The fourth-order valence-electron chi connectivity index (χ4n) is 1.84. The third-order valence-corrected chi connectivity index (χ3v) is 4.85. The number of hydrogen-bond donors (Lipinski definition) is 2. The van der Waals surface area contributed by atoms with Crippen LogP contribution in [0.1, 0.15) is 24.1 Å². The number of aromatic nitrogens is 2. The van der Waals surface area contributed by atoms with E-state index in [4.69, 9.17) is 5.73 Å². The molecule has 108 valence electrons. The van der Waals surface area contributed by atoms with Gasteiger partial charge in [-0.2, -0.15) is 9.40 Å². The monoisotopic (exact) mass is 294 g/mol. The number of aromatic amines is 1. The van der Waals surface area contributed by atoms with E-state index in [9.17, 15) is 8.42 Å². The van der Waals surface area contributed by atoms with Gasteiger partial charge in [0, 0.05) is 31.4 Å². The average molecular weight is 294 g/mol. The third-order valence-electron chi connectivity index (χ3n) is 3.05. The van der Waals surface area contributed by atoms with Gasteiger partial charge in [-0.15, -0.1) is 0 Å². The first-order valence-corrected chi connectivity index (χ1v) is 7.65. The summed E-state index contributed by atoms with van der Waals surface area (Å²) < 4.78 is 26.3. The first kappa shape index (κ1) is 14.7. The van der Waals surface area contributed by atoms with Crippen molar-refractivity contribution in [2.45, 2.75) is 24.4 Å². The molecule has 0 saturated heterocycles. The van der Waals surface area contributed by atoms with E-state index in [0.29, 0.717) is 0 Å². The van der Waals surface area contributed by atoms with E-state index in [2.05, 4.69) is 10.2 Å². The van der Waals surface area contributed by atoms with Crippen LogP contribution in [0.3, 0.4) is 0 Å². The molecule has 2 rings (SSSR count). The molecule has 0 spiro atoms. The number of rotatable bonds is 5. The van der Waals surface area contributed by atoms with Gasteiger partial charge in [0.15, 0.2) is 0 Å². The maximum atomic E-state index is 12.5. The minimum Gasteiger partial charge on any atom is -0.324 e. The second-order valence-electron chi connectivity index (χ2n) is 4.73. The Bertz CT molecular complexity index is 665. The maximum absolute atomic E-state index is 12.5. The first-order valence-electron chi connectivity index (χ1n) is 6.21. The summed E-state index contributed by atoms with van der Waals surface area (Å²) in [7, 11) is -1.99. The molecule has 1 aromatic carbocycles. The Labute approximate surface area is 118 Å². The van der Waals surface area contributed by atoms with Crippen molar-refractivity contribution in [2.75, 3.05) is 7.05 Å². The number of H-pyrrole nitrogens is 1. The standard InChI is InChI=1S/C13H18N4O2S/c1-10(14)12-4-3-5-13(6-12)20(18,19)17(2)9-11-7-15-16-8-11/h3-8,10H,9,14H2,1-2H3,(H,15,16). The predicted octanol–water partition coefficient (Wildman–Crippen LogP) is 1.25. The molecular weight excluding hydrogens is 276 g/mol. The van der Waals surface area contributed by atoms with E-state index >= 15 is 0 Å². The van der Waals surface area contributed by atoms with Crippen molar-refractivity contribution in [3.05, 3.63) is 47.8 Å². The van der Waals surface area contributed by atoms with Gasteiger partial charge in [0.1, 0.15) is 0 Å². The van der Waals surface area contributed by atoms with Gasteiger partial charge in [0.25, 0.3) is 0 Å². The number of nitrogens with zero attached hydrogens (tertiary/aromatic N) is 2. The van der Waals surface area contributed by atoms with Crippen LogP contribution in [0.5, 0.6) is 0 Å². The molecule has 20 heavy (non-hydrogen) atoms. The van der Waals surface area contributed by atoms with Crippen LogP contribution >= 0.6 is 0 Å². The lowest BCUT2D eigenvalue weighted by Crippen LogP contribution is -2.26. The van der Waals surface area contributed by atoms with E-state index in [1.807, 2.05) is 13.0 Å². The lowest BCUT2D eigenvalue weighted by molar-refractivity contribution is 0.466. The van der Waals surface area contributed by atoms with Gasteiger partial charge in [-0.1, -0.05) is 12.1 Å². The van der Waals surface area contributed by atoms with Crippen molar-refractivity contribution in [3.8, 4) is 0 Å². The van der Waals surface area contributed by atoms with E-state index in [-0.39, 0.29) is 17.5 Å². The molecular formula is C13H18N4O2S. The van der Waals surface area contributed by atoms with Gasteiger partial charge in [0.05, 0.1) is 11.1 Å². The Morgan fingerprint density at radius 2 is 2.20 bits per heavy atom. The van der Waals surface area contributed by atoms with Gasteiger partial charge < -0.3 is 5.73 Å². The normalized spacial score (nSPS) is 13.6. The summed E-state index contributed by atoms with van der Waals surface area (Å²) in [5.41, 5.74) is 7.39. The highest BCUT2D eigenvalue weighted by molar-refractivity contribution is 7.89. The van der Waals surface area contributed by atoms with Crippen LogP contribution in [0.15, 0.2) is 41.6 Å². The van der Waals surface area contributed by atoms with Crippen molar-refractivity contribution < 1.29 is 8.42 Å². The van der Waals surface area contributed by atoms with E-state index in [1.165, 1.54) is 4.31 Å². The quantitative estimate of drug-likeness (QED) is 0.868. The first-order chi connectivity index (χ1) is 9.41. The topological polar surface area (TPSA) is 92.1 Å². The molecule has 1 aromatic heterocycles. The fourth-order valence-corrected chi connectivity index (χ4v) is 3.06. The van der Waals surface area contributed by atoms with Crippen LogP contribution in [-0.2, 0) is 16.6 Å². The summed E-state index contributed by atoms with van der Waals surface area (Å²) >= 11 is 0. The van der Waals surface area contributed by atoms with E-state index < -0.39 is 10.0 Å². The largest absolute Gasteiger partial charge is 0.324 e. The highest BCUT2D eigenvalue weighted by Gasteiger charge is 2.21. The SMILES string of the molecule is CC(N)c1cccc(S(=O)(=O)N(C)Cc2cn[nH]c2)c1. The zero-order valence-electron chi connectivity index (χ0n) is 11.4. The lowest BCUT2D eigenvalue weighted by Gasteiger charge is -2.17. The van der Waals surface area contributed by atoms with Crippen molar-refractivity contribution in [3.63, 3.8) is 0 Å². The summed E-state index contributed by atoms with van der Waals surface area (Å²) in [4.78, 5) is 0.248. The molecule has 0 aliphatic rings. The molecule has 3 N–H and O–H groups in total. The highest BCUT2D eigenvalue weighted by atomic mass is 32.2. The van der Waals surface area contributed by atoms with Gasteiger partial charge in [-0.25, -0.2) is 8.42 Å². The van der Waals surface area contributed by atoms with Crippen LogP contribution in [0.4, 0.5) is 0 Å². The maximum Gasteiger partial charge on any atom is 0.243 e. The van der Waals surface area contributed by atoms with Gasteiger partial charge >= 0.3 is 0 Å². The summed E-state index contributed by atoms with van der Waals surface area (Å²) in [5.74, 6) is 0. The Balaban J connectivity index is 2.27. The zero-order chi connectivity index (χ0) is 14.8. The molecule has 0 aliphatic heterocycles. The fraction of sp³-hybridized carbons (Fsp3) is 0.308. The molecule has 0 saturated carbocycles. The Kier molecular flexibility index (Phi) is 4.22. The number of sulfonamides is 1. The number of nitrogens with one attached hydrogen (secondary N) is 1. The number of hydrogen-bond acceptors (Lipinski definition) is 4. The van der Waals surface area contributed by atoms with Crippen molar-refractivity contribution in [1.82, 2.24) is 14.5 Å². The summed E-state index contributed by atoms with van der Waals surface area (Å²) in [6, 6.07) is 6.51. The molecule has 0 amide bonds. The smallest absolute Gasteiger partial charge is 0.243 e. The van der Waals surface area contributed by atoms with Crippen LogP contribution in [0.2, 0.25) is 0 Å². The molecule has 1 unspecified atom stereocenters. The predicted molar refractivity (Wildman–Crippen MR) is 76.3 cm³/mol. The van der Waals surface area contributed by atoms with Crippen molar-refractivity contribution in [2.24, 2.45) is 5.73 Å². The summed E-state index contributed by atoms with van der Waals surface area (Å²) in [6.45, 7) is 2.09. The molecule has 2 aromatic rings. The molecule has 0 aliphatic carbocycles. The van der Waals surface area contributed by atoms with E-state index in [0.717, 1.165) is 11.1 Å². The molecule has 0 bridgehead atoms. The molecule has 0 radical (unpaired) electrons. The van der Waals surface area contributed by atoms with Gasteiger partial charge in [0.2, 0.25) is 10.0 Å². The Hall–Kier alpha value is -1.70. The second-order valence-corrected chi connectivity index (χ2v) is 6.77. The average Bonchev–Trinajstić information content (AvgIpc) is 2.91. The molecule has 1 heterocycles. The summed E-state index contributed by atoms with van der Waals surface area (Å²) in [6.07, 6.45) is 3.27. The third kappa shape index (κ3) is 3.06.